The largest absolute Gasteiger partial charge is 0.360 e. The van der Waals surface area contributed by atoms with E-state index in [0.717, 1.165) is 31.0 Å². The average molecular weight is 277 g/mol. The van der Waals surface area contributed by atoms with Crippen molar-refractivity contribution >= 4 is 17.3 Å². The third-order valence-corrected chi connectivity index (χ3v) is 3.94. The van der Waals surface area contributed by atoms with Gasteiger partial charge in [0.15, 0.2) is 5.11 Å². The lowest BCUT2D eigenvalue weighted by molar-refractivity contribution is 0.246. The molecule has 0 bridgehead atoms. The Bertz CT molecular complexity index is 399. The van der Waals surface area contributed by atoms with Gasteiger partial charge in [0, 0.05) is 6.04 Å². The fourth-order valence-corrected chi connectivity index (χ4v) is 2.75. The summed E-state index contributed by atoms with van der Waals surface area (Å²) in [5.74, 6) is 0. The molecule has 3 nitrogen and oxygen atoms in total. The van der Waals surface area contributed by atoms with E-state index < -0.39 is 0 Å². The summed E-state index contributed by atoms with van der Waals surface area (Å²) in [7, 11) is 2.17. The summed E-state index contributed by atoms with van der Waals surface area (Å²) in [5.41, 5.74) is 1.26. The van der Waals surface area contributed by atoms with Crippen LogP contribution >= 0.6 is 12.2 Å². The van der Waals surface area contributed by atoms with Crippen LogP contribution in [0.25, 0.3) is 0 Å². The highest BCUT2D eigenvalue weighted by molar-refractivity contribution is 7.80. The Morgan fingerprint density at radius 3 is 2.53 bits per heavy atom. The number of rotatable bonds is 3. The van der Waals surface area contributed by atoms with E-state index in [4.69, 9.17) is 12.2 Å². The van der Waals surface area contributed by atoms with Crippen LogP contribution in [0.4, 0.5) is 0 Å². The van der Waals surface area contributed by atoms with Crippen LogP contribution in [-0.2, 0) is 0 Å². The summed E-state index contributed by atoms with van der Waals surface area (Å²) in [5, 5.41) is 7.56. The summed E-state index contributed by atoms with van der Waals surface area (Å²) >= 11 is 5.40. The van der Waals surface area contributed by atoms with Gasteiger partial charge in [-0.25, -0.2) is 0 Å². The minimum atomic E-state index is 0.243. The second kappa shape index (κ2) is 6.87. The van der Waals surface area contributed by atoms with Crippen LogP contribution in [0.5, 0.6) is 0 Å². The third kappa shape index (κ3) is 4.48. The Hall–Kier alpha value is -1.13. The lowest BCUT2D eigenvalue weighted by atomic mass is 10.1. The van der Waals surface area contributed by atoms with Crippen molar-refractivity contribution in [3.8, 4) is 0 Å². The zero-order chi connectivity index (χ0) is 13.7. The number of nitrogens with one attached hydrogen (secondary N) is 2. The van der Waals surface area contributed by atoms with Crippen molar-refractivity contribution in [2.75, 3.05) is 20.1 Å². The summed E-state index contributed by atoms with van der Waals surface area (Å²) in [6, 6.07) is 11.1. The molecule has 19 heavy (non-hydrogen) atoms. The Kier molecular flexibility index (Phi) is 5.16. The highest BCUT2D eigenvalue weighted by Crippen LogP contribution is 2.12. The van der Waals surface area contributed by atoms with Crippen molar-refractivity contribution in [2.24, 2.45) is 0 Å². The van der Waals surface area contributed by atoms with Crippen LogP contribution in [0.1, 0.15) is 31.4 Å². The van der Waals surface area contributed by atoms with Gasteiger partial charge in [0.2, 0.25) is 0 Å². The van der Waals surface area contributed by atoms with Crippen LogP contribution in [0.15, 0.2) is 30.3 Å². The van der Waals surface area contributed by atoms with Crippen molar-refractivity contribution in [3.05, 3.63) is 35.9 Å². The monoisotopic (exact) mass is 277 g/mol. The first-order chi connectivity index (χ1) is 9.15. The molecule has 1 atom stereocenters. The second-order valence-electron chi connectivity index (χ2n) is 5.33. The average Bonchev–Trinajstić information content (AvgIpc) is 2.42. The zero-order valence-corrected chi connectivity index (χ0v) is 12.5. The van der Waals surface area contributed by atoms with E-state index in [0.29, 0.717) is 6.04 Å². The standard InChI is InChI=1S/C15H23N3S/c1-12(13-6-4-3-5-7-13)16-15(19)17-14-8-10-18(2)11-9-14/h3-7,12,14H,8-11H2,1-2H3,(H2,16,17,19). The smallest absolute Gasteiger partial charge is 0.166 e. The van der Waals surface area contributed by atoms with Crippen molar-refractivity contribution in [1.29, 1.82) is 0 Å². The number of nitrogens with zero attached hydrogens (tertiary/aromatic N) is 1. The first kappa shape index (κ1) is 14.3. The van der Waals surface area contributed by atoms with Gasteiger partial charge in [-0.15, -0.1) is 0 Å². The van der Waals surface area contributed by atoms with Gasteiger partial charge in [0.1, 0.15) is 0 Å². The van der Waals surface area contributed by atoms with Crippen LogP contribution in [-0.4, -0.2) is 36.2 Å². The highest BCUT2D eigenvalue weighted by atomic mass is 32.1. The maximum absolute atomic E-state index is 5.40. The predicted molar refractivity (Wildman–Crippen MR) is 84.2 cm³/mol. The minimum absolute atomic E-state index is 0.243. The lowest BCUT2D eigenvalue weighted by Gasteiger charge is -2.31. The maximum atomic E-state index is 5.40. The summed E-state index contributed by atoms with van der Waals surface area (Å²) < 4.78 is 0. The first-order valence-corrected chi connectivity index (χ1v) is 7.36. The van der Waals surface area contributed by atoms with Crippen LogP contribution in [0.2, 0.25) is 0 Å². The molecule has 2 N–H and O–H groups in total. The molecule has 1 aromatic carbocycles. The Morgan fingerprint density at radius 1 is 1.26 bits per heavy atom. The molecular weight excluding hydrogens is 254 g/mol. The van der Waals surface area contributed by atoms with E-state index in [1.165, 1.54) is 5.56 Å². The highest BCUT2D eigenvalue weighted by Gasteiger charge is 2.17. The number of benzene rings is 1. The molecule has 0 saturated carbocycles. The topological polar surface area (TPSA) is 27.3 Å². The molecule has 2 rings (SSSR count). The number of piperidine rings is 1. The maximum Gasteiger partial charge on any atom is 0.166 e. The summed E-state index contributed by atoms with van der Waals surface area (Å²) in [6.07, 6.45) is 2.33. The van der Waals surface area contributed by atoms with Crippen molar-refractivity contribution < 1.29 is 0 Å². The molecule has 1 heterocycles. The summed E-state index contributed by atoms with van der Waals surface area (Å²) in [4.78, 5) is 2.36. The molecule has 0 aliphatic carbocycles. The van der Waals surface area contributed by atoms with Gasteiger partial charge in [-0.3, -0.25) is 0 Å². The van der Waals surface area contributed by atoms with Crippen LogP contribution in [0.3, 0.4) is 0 Å². The molecule has 0 radical (unpaired) electrons. The van der Waals surface area contributed by atoms with Crippen LogP contribution in [0, 0.1) is 0 Å². The second-order valence-corrected chi connectivity index (χ2v) is 5.74. The van der Waals surface area contributed by atoms with E-state index in [2.05, 4.69) is 53.8 Å². The zero-order valence-electron chi connectivity index (χ0n) is 11.7. The third-order valence-electron chi connectivity index (χ3n) is 3.70. The van der Waals surface area contributed by atoms with Gasteiger partial charge in [-0.2, -0.15) is 0 Å². The molecule has 1 aliphatic rings. The van der Waals surface area contributed by atoms with Crippen molar-refractivity contribution in [2.45, 2.75) is 31.8 Å². The molecule has 1 aliphatic heterocycles. The van der Waals surface area contributed by atoms with Gasteiger partial charge < -0.3 is 15.5 Å². The van der Waals surface area contributed by atoms with E-state index in [-0.39, 0.29) is 6.04 Å². The van der Waals surface area contributed by atoms with E-state index in [9.17, 15) is 0 Å². The number of hydrogen-bond acceptors (Lipinski definition) is 2. The van der Waals surface area contributed by atoms with Gasteiger partial charge in [0.05, 0.1) is 6.04 Å². The van der Waals surface area contributed by atoms with Gasteiger partial charge in [-0.1, -0.05) is 30.3 Å². The Morgan fingerprint density at radius 2 is 1.89 bits per heavy atom. The quantitative estimate of drug-likeness (QED) is 0.829. The summed E-state index contributed by atoms with van der Waals surface area (Å²) in [6.45, 7) is 4.43. The molecule has 1 fully saturated rings. The van der Waals surface area contributed by atoms with E-state index >= 15 is 0 Å². The van der Waals surface area contributed by atoms with Gasteiger partial charge in [-0.05, 0) is 57.7 Å². The molecule has 0 amide bonds. The SMILES string of the molecule is CC(NC(=S)NC1CCN(C)CC1)c1ccccc1. The minimum Gasteiger partial charge on any atom is -0.360 e. The van der Waals surface area contributed by atoms with Crippen molar-refractivity contribution in [3.63, 3.8) is 0 Å². The fourth-order valence-electron chi connectivity index (χ4n) is 2.40. The molecular formula is C15H23N3S. The Labute approximate surface area is 121 Å². The normalized spacial score (nSPS) is 18.8. The molecule has 1 aromatic rings. The molecule has 4 heteroatoms. The predicted octanol–water partition coefficient (Wildman–Crippen LogP) is 2.31. The molecule has 0 spiro atoms. The van der Waals surface area contributed by atoms with Crippen molar-refractivity contribution in [1.82, 2.24) is 15.5 Å². The Balaban J connectivity index is 1.78. The van der Waals surface area contributed by atoms with E-state index in [1.54, 1.807) is 0 Å². The van der Waals surface area contributed by atoms with Gasteiger partial charge >= 0.3 is 0 Å². The van der Waals surface area contributed by atoms with Gasteiger partial charge in [0.25, 0.3) is 0 Å². The first-order valence-electron chi connectivity index (χ1n) is 6.95. The van der Waals surface area contributed by atoms with Crippen LogP contribution < -0.4 is 10.6 Å². The fraction of sp³-hybridized carbons (Fsp3) is 0.533. The molecule has 1 unspecified atom stereocenters. The number of hydrogen-bond donors (Lipinski definition) is 2. The molecule has 0 aromatic heterocycles. The molecule has 1 saturated heterocycles. The number of likely N-dealkylation sites (tertiary alicyclic amines) is 1. The number of thiocarbonyl (C=S) groups is 1. The van der Waals surface area contributed by atoms with E-state index in [1.807, 2.05) is 6.07 Å². The molecule has 104 valence electrons. The lowest BCUT2D eigenvalue weighted by Crippen LogP contribution is -2.47.